The topological polar surface area (TPSA) is 41.7 Å². The van der Waals surface area contributed by atoms with Gasteiger partial charge in [0.15, 0.2) is 0 Å². The van der Waals surface area contributed by atoms with Crippen molar-refractivity contribution in [3.63, 3.8) is 0 Å². The molecule has 0 saturated carbocycles. The summed E-state index contributed by atoms with van der Waals surface area (Å²) in [5, 5.41) is 0. The van der Waals surface area contributed by atoms with Crippen LogP contribution in [0.1, 0.15) is 26.7 Å². The van der Waals surface area contributed by atoms with Gasteiger partial charge < -0.3 is 15.4 Å². The quantitative estimate of drug-likeness (QED) is 0.626. The highest BCUT2D eigenvalue weighted by Gasteiger charge is 2.15. The summed E-state index contributed by atoms with van der Waals surface area (Å²) < 4.78 is 5.67. The number of ether oxygens (including phenoxy) is 1. The van der Waals surface area contributed by atoms with Crippen LogP contribution < -0.4 is 5.73 Å². The minimum Gasteiger partial charge on any atom is -0.380 e. The zero-order chi connectivity index (χ0) is 13.2. The summed E-state index contributed by atoms with van der Waals surface area (Å²) >= 11 is 0. The lowest BCUT2D eigenvalue weighted by Crippen LogP contribution is -2.47. The van der Waals surface area contributed by atoms with Crippen molar-refractivity contribution in [2.75, 3.05) is 59.0 Å². The number of hydrogen-bond acceptors (Lipinski definition) is 4. The first kappa shape index (κ1) is 15.9. The third-order valence-electron chi connectivity index (χ3n) is 3.53. The molecule has 1 fully saturated rings. The van der Waals surface area contributed by atoms with Crippen LogP contribution in [0.2, 0.25) is 0 Å². The maximum absolute atomic E-state index is 5.67. The van der Waals surface area contributed by atoms with E-state index in [4.69, 9.17) is 10.5 Å². The second-order valence-corrected chi connectivity index (χ2v) is 5.62. The Balaban J connectivity index is 1.95. The third-order valence-corrected chi connectivity index (χ3v) is 3.53. The highest BCUT2D eigenvalue weighted by atomic mass is 16.5. The van der Waals surface area contributed by atoms with Crippen molar-refractivity contribution in [1.29, 1.82) is 0 Å². The van der Waals surface area contributed by atoms with Crippen molar-refractivity contribution in [3.8, 4) is 0 Å². The highest BCUT2D eigenvalue weighted by Crippen LogP contribution is 2.03. The van der Waals surface area contributed by atoms with Crippen molar-refractivity contribution in [3.05, 3.63) is 0 Å². The van der Waals surface area contributed by atoms with E-state index in [-0.39, 0.29) is 0 Å². The molecule has 0 aromatic rings. The van der Waals surface area contributed by atoms with Gasteiger partial charge in [0.1, 0.15) is 0 Å². The van der Waals surface area contributed by atoms with Crippen LogP contribution in [0.5, 0.6) is 0 Å². The van der Waals surface area contributed by atoms with Crippen molar-refractivity contribution in [1.82, 2.24) is 9.80 Å². The Morgan fingerprint density at radius 2 is 1.61 bits per heavy atom. The molecule has 1 saturated heterocycles. The van der Waals surface area contributed by atoms with E-state index in [1.807, 2.05) is 0 Å². The molecule has 0 amide bonds. The van der Waals surface area contributed by atoms with E-state index in [2.05, 4.69) is 23.6 Å². The number of hydrogen-bond donors (Lipinski definition) is 1. The van der Waals surface area contributed by atoms with Gasteiger partial charge in [-0.3, -0.25) is 4.90 Å². The SMILES string of the molecule is CC(C)CCOCCN1CCN(CCCN)CC1. The van der Waals surface area contributed by atoms with Crippen LogP contribution in [0.25, 0.3) is 0 Å². The van der Waals surface area contributed by atoms with E-state index in [9.17, 15) is 0 Å². The summed E-state index contributed by atoms with van der Waals surface area (Å²) in [6, 6.07) is 0. The molecule has 0 aromatic carbocycles. The van der Waals surface area contributed by atoms with Gasteiger partial charge in [0, 0.05) is 39.3 Å². The number of nitrogens with two attached hydrogens (primary N) is 1. The first-order valence-corrected chi connectivity index (χ1v) is 7.45. The first-order chi connectivity index (χ1) is 8.72. The minimum atomic E-state index is 0.746. The van der Waals surface area contributed by atoms with E-state index in [1.54, 1.807) is 0 Å². The van der Waals surface area contributed by atoms with Gasteiger partial charge in [-0.25, -0.2) is 0 Å². The second-order valence-electron chi connectivity index (χ2n) is 5.62. The zero-order valence-electron chi connectivity index (χ0n) is 12.2. The molecule has 0 spiro atoms. The Labute approximate surface area is 112 Å². The van der Waals surface area contributed by atoms with Gasteiger partial charge in [-0.05, 0) is 31.8 Å². The van der Waals surface area contributed by atoms with Gasteiger partial charge in [0.05, 0.1) is 6.61 Å². The molecule has 0 atom stereocenters. The van der Waals surface area contributed by atoms with Gasteiger partial charge in [-0.1, -0.05) is 13.8 Å². The average Bonchev–Trinajstić information content (AvgIpc) is 2.37. The molecule has 4 heteroatoms. The Hall–Kier alpha value is -0.160. The molecule has 0 aliphatic carbocycles. The van der Waals surface area contributed by atoms with Crippen LogP contribution >= 0.6 is 0 Å². The minimum absolute atomic E-state index is 0.746. The van der Waals surface area contributed by atoms with E-state index in [1.165, 1.54) is 32.6 Å². The predicted octanol–water partition coefficient (Wildman–Crippen LogP) is 1.02. The lowest BCUT2D eigenvalue weighted by Gasteiger charge is -2.34. The summed E-state index contributed by atoms with van der Waals surface area (Å²) in [5.41, 5.74) is 5.53. The maximum atomic E-state index is 5.67. The summed E-state index contributed by atoms with van der Waals surface area (Å²) in [6.45, 7) is 14.1. The van der Waals surface area contributed by atoms with Crippen LogP contribution in [-0.4, -0.2) is 68.8 Å². The number of nitrogens with zero attached hydrogens (tertiary/aromatic N) is 2. The van der Waals surface area contributed by atoms with Crippen molar-refractivity contribution in [2.45, 2.75) is 26.7 Å². The lowest BCUT2D eigenvalue weighted by atomic mass is 10.1. The molecular weight excluding hydrogens is 226 g/mol. The van der Waals surface area contributed by atoms with Crippen molar-refractivity contribution >= 4 is 0 Å². The first-order valence-electron chi connectivity index (χ1n) is 7.45. The van der Waals surface area contributed by atoms with E-state index in [0.29, 0.717) is 0 Å². The van der Waals surface area contributed by atoms with Crippen molar-refractivity contribution in [2.24, 2.45) is 11.7 Å². The summed E-state index contributed by atoms with van der Waals surface area (Å²) in [7, 11) is 0. The van der Waals surface area contributed by atoms with E-state index >= 15 is 0 Å². The molecule has 1 aliphatic rings. The molecule has 108 valence electrons. The van der Waals surface area contributed by atoms with Gasteiger partial charge in [-0.2, -0.15) is 0 Å². The molecule has 1 rings (SSSR count). The predicted molar refractivity (Wildman–Crippen MR) is 76.8 cm³/mol. The molecule has 1 aliphatic heterocycles. The van der Waals surface area contributed by atoms with Crippen LogP contribution in [0, 0.1) is 5.92 Å². The van der Waals surface area contributed by atoms with Crippen LogP contribution in [-0.2, 0) is 4.74 Å². The van der Waals surface area contributed by atoms with Crippen LogP contribution in [0.15, 0.2) is 0 Å². The molecule has 0 radical (unpaired) electrons. The van der Waals surface area contributed by atoms with Crippen molar-refractivity contribution < 1.29 is 4.74 Å². The lowest BCUT2D eigenvalue weighted by molar-refractivity contribution is 0.0712. The fraction of sp³-hybridized carbons (Fsp3) is 1.00. The molecule has 0 bridgehead atoms. The Morgan fingerprint density at radius 1 is 1.00 bits per heavy atom. The van der Waals surface area contributed by atoms with Crippen LogP contribution in [0.4, 0.5) is 0 Å². The smallest absolute Gasteiger partial charge is 0.0593 e. The third kappa shape index (κ3) is 7.31. The monoisotopic (exact) mass is 257 g/mol. The molecule has 0 aromatic heterocycles. The Bertz CT molecular complexity index is 191. The molecule has 4 nitrogen and oxygen atoms in total. The van der Waals surface area contributed by atoms with E-state index < -0.39 is 0 Å². The zero-order valence-corrected chi connectivity index (χ0v) is 12.2. The summed E-state index contributed by atoms with van der Waals surface area (Å²) in [4.78, 5) is 5.03. The largest absolute Gasteiger partial charge is 0.380 e. The summed E-state index contributed by atoms with van der Waals surface area (Å²) in [6.07, 6.45) is 2.30. The molecule has 1 heterocycles. The molecule has 18 heavy (non-hydrogen) atoms. The second kappa shape index (κ2) is 9.73. The van der Waals surface area contributed by atoms with Gasteiger partial charge in [0.2, 0.25) is 0 Å². The fourth-order valence-electron chi connectivity index (χ4n) is 2.17. The van der Waals surface area contributed by atoms with Gasteiger partial charge >= 0.3 is 0 Å². The maximum Gasteiger partial charge on any atom is 0.0593 e. The fourth-order valence-corrected chi connectivity index (χ4v) is 2.17. The molecule has 2 N–H and O–H groups in total. The highest BCUT2D eigenvalue weighted by molar-refractivity contribution is 4.71. The van der Waals surface area contributed by atoms with Gasteiger partial charge in [-0.15, -0.1) is 0 Å². The van der Waals surface area contributed by atoms with E-state index in [0.717, 1.165) is 45.2 Å². The number of piperazine rings is 1. The average molecular weight is 257 g/mol. The van der Waals surface area contributed by atoms with Crippen LogP contribution in [0.3, 0.4) is 0 Å². The number of rotatable bonds is 9. The Morgan fingerprint density at radius 3 is 2.17 bits per heavy atom. The normalized spacial score (nSPS) is 18.7. The van der Waals surface area contributed by atoms with Gasteiger partial charge in [0.25, 0.3) is 0 Å². The molecular formula is C14H31N3O. The summed E-state index contributed by atoms with van der Waals surface area (Å²) in [5.74, 6) is 0.746. The standard InChI is InChI=1S/C14H31N3O/c1-14(2)4-12-18-13-11-17-9-7-16(8-10-17)6-3-5-15/h14H,3-13,15H2,1-2H3. The molecule has 0 unspecified atom stereocenters. The Kier molecular flexibility index (Phi) is 8.59.